The highest BCUT2D eigenvalue weighted by atomic mass is 28.3. The Hall–Kier alpha value is 0.177. The van der Waals surface area contributed by atoms with Crippen LogP contribution in [0.2, 0.25) is 23.7 Å². The first-order valence-corrected chi connectivity index (χ1v) is 17.4. The fraction of sp³-hybridized carbons (Fsp3) is 1.00. The van der Waals surface area contributed by atoms with Gasteiger partial charge < -0.3 is 4.74 Å². The quantitative estimate of drug-likeness (QED) is 0.253. The molecule has 2 heteroatoms. The molecule has 4 fully saturated rings. The van der Waals surface area contributed by atoms with Crippen LogP contribution in [-0.4, -0.2) is 20.3 Å². The zero-order valence-corrected chi connectivity index (χ0v) is 22.6. The van der Waals surface area contributed by atoms with Crippen molar-refractivity contribution in [2.24, 2.45) is 23.7 Å². The Morgan fingerprint density at radius 1 is 0.645 bits per heavy atom. The highest BCUT2D eigenvalue weighted by molar-refractivity contribution is 6.81. The lowest BCUT2D eigenvalue weighted by Crippen LogP contribution is -2.45. The Kier molecular flexibility index (Phi) is 8.33. The molecular weight excluding hydrogens is 392 g/mol. The summed E-state index contributed by atoms with van der Waals surface area (Å²) in [6.45, 7) is 10.5. The molecule has 0 heterocycles. The minimum Gasteiger partial charge on any atom is -0.376 e. The molecule has 1 nitrogen and oxygen atoms in total. The van der Waals surface area contributed by atoms with Crippen molar-refractivity contribution in [2.45, 2.75) is 153 Å². The maximum Gasteiger partial charge on any atom is 0.0598 e. The second kappa shape index (κ2) is 10.6. The van der Waals surface area contributed by atoms with E-state index in [1.807, 2.05) is 0 Å². The Labute approximate surface area is 195 Å². The zero-order chi connectivity index (χ0) is 21.9. The van der Waals surface area contributed by atoms with E-state index in [4.69, 9.17) is 4.74 Å². The van der Waals surface area contributed by atoms with E-state index >= 15 is 0 Å². The summed E-state index contributed by atoms with van der Waals surface area (Å²) in [6, 6.07) is 1.66. The predicted octanol–water partition coefficient (Wildman–Crippen LogP) is 9.38. The molecule has 5 atom stereocenters. The number of fused-ring (bicyclic) bond motifs is 3. The van der Waals surface area contributed by atoms with E-state index in [1.165, 1.54) is 36.8 Å². The van der Waals surface area contributed by atoms with Crippen LogP contribution >= 0.6 is 0 Å². The van der Waals surface area contributed by atoms with Crippen LogP contribution in [0.4, 0.5) is 0 Å². The third-order valence-corrected chi connectivity index (χ3v) is 16.7. The number of ether oxygens (including phenoxy) is 1. The van der Waals surface area contributed by atoms with Gasteiger partial charge in [-0.2, -0.15) is 0 Å². The van der Waals surface area contributed by atoms with Crippen LogP contribution in [0.5, 0.6) is 0 Å². The Morgan fingerprint density at radius 2 is 1.13 bits per heavy atom. The molecular formula is C29H54OSi. The summed E-state index contributed by atoms with van der Waals surface area (Å²) in [5, 5.41) is 0. The summed E-state index contributed by atoms with van der Waals surface area (Å²) in [4.78, 5) is 0. The van der Waals surface area contributed by atoms with Crippen LogP contribution in [0, 0.1) is 23.7 Å². The lowest BCUT2D eigenvalue weighted by Gasteiger charge is -2.47. The Bertz CT molecular complexity index is 525. The van der Waals surface area contributed by atoms with Crippen LogP contribution in [0.15, 0.2) is 0 Å². The van der Waals surface area contributed by atoms with Gasteiger partial charge in [0.15, 0.2) is 0 Å². The molecule has 0 N–H and O–H groups in total. The molecule has 0 saturated heterocycles. The zero-order valence-electron chi connectivity index (χ0n) is 21.6. The predicted molar refractivity (Wildman–Crippen MR) is 137 cm³/mol. The minimum atomic E-state index is -1.23. The van der Waals surface area contributed by atoms with Crippen LogP contribution in [0.3, 0.4) is 0 Å². The third-order valence-electron chi connectivity index (χ3n) is 10.4. The average Bonchev–Trinajstić information content (AvgIpc) is 3.39. The average molecular weight is 447 g/mol. The van der Waals surface area contributed by atoms with Crippen molar-refractivity contribution in [1.82, 2.24) is 0 Å². The highest BCUT2D eigenvalue weighted by Crippen LogP contribution is 2.66. The van der Waals surface area contributed by atoms with Gasteiger partial charge in [0.2, 0.25) is 0 Å². The molecule has 4 rings (SSSR count). The van der Waals surface area contributed by atoms with Gasteiger partial charge in [-0.05, 0) is 74.8 Å². The summed E-state index contributed by atoms with van der Waals surface area (Å²) in [6.07, 6.45) is 24.6. The summed E-state index contributed by atoms with van der Waals surface area (Å²) in [5.74, 6) is 4.59. The minimum absolute atomic E-state index is 0.0313. The van der Waals surface area contributed by atoms with Gasteiger partial charge in [0.05, 0.1) is 13.7 Å². The van der Waals surface area contributed by atoms with Crippen molar-refractivity contribution in [3.63, 3.8) is 0 Å². The van der Waals surface area contributed by atoms with Gasteiger partial charge in [-0.3, -0.25) is 0 Å². The monoisotopic (exact) mass is 446 g/mol. The van der Waals surface area contributed by atoms with Crippen LogP contribution in [-0.2, 0) is 4.74 Å². The van der Waals surface area contributed by atoms with Crippen molar-refractivity contribution < 1.29 is 4.74 Å². The number of unbranched alkanes of at least 4 members (excludes halogenated alkanes) is 3. The molecule has 0 radical (unpaired) electrons. The van der Waals surface area contributed by atoms with E-state index < -0.39 is 8.07 Å². The molecule has 0 bridgehead atoms. The van der Waals surface area contributed by atoms with Gasteiger partial charge in [0.25, 0.3) is 0 Å². The van der Waals surface area contributed by atoms with Gasteiger partial charge in [0.1, 0.15) is 0 Å². The topological polar surface area (TPSA) is 9.23 Å². The summed E-state index contributed by atoms with van der Waals surface area (Å²) >= 11 is 0. The van der Waals surface area contributed by atoms with E-state index in [1.54, 1.807) is 83.1 Å². The second-order valence-electron chi connectivity index (χ2n) is 13.4. The van der Waals surface area contributed by atoms with Gasteiger partial charge >= 0.3 is 0 Å². The van der Waals surface area contributed by atoms with E-state index in [-0.39, 0.29) is 5.60 Å². The number of hydrogen-bond donors (Lipinski definition) is 0. The second-order valence-corrected chi connectivity index (χ2v) is 18.4. The summed E-state index contributed by atoms with van der Waals surface area (Å²) in [5.41, 5.74) is 2.41. The fourth-order valence-electron chi connectivity index (χ4n) is 9.20. The van der Waals surface area contributed by atoms with Gasteiger partial charge in [-0.25, -0.2) is 0 Å². The lowest BCUT2D eigenvalue weighted by molar-refractivity contribution is -0.00471. The third kappa shape index (κ3) is 5.64. The normalized spacial score (nSPS) is 36.2. The van der Waals surface area contributed by atoms with Gasteiger partial charge in [-0.15, -0.1) is 0 Å². The van der Waals surface area contributed by atoms with Crippen molar-refractivity contribution in [1.29, 1.82) is 0 Å². The first kappa shape index (κ1) is 24.3. The van der Waals surface area contributed by atoms with E-state index in [2.05, 4.69) is 27.3 Å². The molecule has 0 aliphatic heterocycles. The van der Waals surface area contributed by atoms with Crippen LogP contribution in [0.25, 0.3) is 0 Å². The summed E-state index contributed by atoms with van der Waals surface area (Å²) < 4.78 is 5.97. The van der Waals surface area contributed by atoms with E-state index in [0.717, 1.165) is 30.3 Å². The maximum atomic E-state index is 5.97. The van der Waals surface area contributed by atoms with Crippen LogP contribution in [0.1, 0.15) is 124 Å². The van der Waals surface area contributed by atoms with E-state index in [9.17, 15) is 0 Å². The van der Waals surface area contributed by atoms with E-state index in [0.29, 0.717) is 0 Å². The molecule has 4 aliphatic carbocycles. The molecule has 180 valence electrons. The molecule has 0 aromatic rings. The smallest absolute Gasteiger partial charge is 0.0598 e. The van der Waals surface area contributed by atoms with Gasteiger partial charge in [-0.1, -0.05) is 96.1 Å². The van der Waals surface area contributed by atoms with Gasteiger partial charge in [0, 0.05) is 6.61 Å². The Morgan fingerprint density at radius 3 is 1.68 bits per heavy atom. The highest BCUT2D eigenvalue weighted by Gasteiger charge is 2.58. The fourth-order valence-corrected chi connectivity index (χ4v) is 16.0. The standard InChI is InChI=1S/C29H54OSi/c1-29(2,3)30-21-13-5-6-14-22-31(4,23-15-7-8-16-23)28-26-19-11-9-17-24(26)25-18-10-12-20-27(25)28/h23-28H,5-22H2,1-4H3/t24?,25?,26?,27?,28?,31-/m1/s1. The molecule has 4 saturated carbocycles. The first-order valence-electron chi connectivity index (χ1n) is 14.5. The lowest BCUT2D eigenvalue weighted by atomic mass is 9.73. The largest absolute Gasteiger partial charge is 0.376 e. The summed E-state index contributed by atoms with van der Waals surface area (Å²) in [7, 11) is -1.23. The van der Waals surface area contributed by atoms with Crippen LogP contribution < -0.4 is 0 Å². The molecule has 4 unspecified atom stereocenters. The number of rotatable bonds is 9. The van der Waals surface area contributed by atoms with Crippen molar-refractivity contribution in [2.75, 3.05) is 6.61 Å². The Balaban J connectivity index is 1.40. The molecule has 0 amide bonds. The van der Waals surface area contributed by atoms with Crippen molar-refractivity contribution >= 4 is 8.07 Å². The SMILES string of the molecule is CC(C)(C)OCCCCCC[Si@](C)(C1CCCC1)C1C2CCCCC2C2CCCCC21. The molecule has 0 aromatic carbocycles. The maximum absolute atomic E-state index is 5.97. The van der Waals surface area contributed by atoms with Crippen molar-refractivity contribution in [3.05, 3.63) is 0 Å². The van der Waals surface area contributed by atoms with Crippen molar-refractivity contribution in [3.8, 4) is 0 Å². The molecule has 31 heavy (non-hydrogen) atoms. The molecule has 0 spiro atoms. The first-order chi connectivity index (χ1) is 14.9. The molecule has 0 aromatic heterocycles. The number of hydrogen-bond acceptors (Lipinski definition) is 1. The molecule has 4 aliphatic rings.